The van der Waals surface area contributed by atoms with Gasteiger partial charge in [0, 0.05) is 6.04 Å². The third-order valence-electron chi connectivity index (χ3n) is 3.36. The summed E-state index contributed by atoms with van der Waals surface area (Å²) >= 11 is 0. The van der Waals surface area contributed by atoms with Crippen molar-refractivity contribution in [2.75, 3.05) is 19.8 Å². The van der Waals surface area contributed by atoms with Crippen LogP contribution in [0.4, 0.5) is 4.39 Å². The Balaban J connectivity index is 2.13. The Morgan fingerprint density at radius 3 is 2.92 bits per heavy atom. The molecule has 0 amide bonds. The number of hydrogen-bond acceptors (Lipinski definition) is 2. The van der Waals surface area contributed by atoms with Crippen molar-refractivity contribution in [3.8, 4) is 0 Å². The van der Waals surface area contributed by atoms with Gasteiger partial charge < -0.3 is 5.73 Å². The second kappa shape index (κ2) is 2.96. The maximum Gasteiger partial charge on any atom is 0.109 e. The van der Waals surface area contributed by atoms with E-state index in [1.54, 1.807) is 0 Å². The van der Waals surface area contributed by atoms with Crippen molar-refractivity contribution in [3.63, 3.8) is 0 Å². The van der Waals surface area contributed by atoms with E-state index in [0.29, 0.717) is 6.04 Å². The molecule has 2 fully saturated rings. The Morgan fingerprint density at radius 2 is 2.17 bits per heavy atom. The molecule has 2 aliphatic heterocycles. The van der Waals surface area contributed by atoms with Crippen molar-refractivity contribution in [1.29, 1.82) is 0 Å². The molecular formula is C9H17FN2. The van der Waals surface area contributed by atoms with Gasteiger partial charge in [0.1, 0.15) is 6.67 Å². The minimum absolute atomic E-state index is 0.330. The van der Waals surface area contributed by atoms with Gasteiger partial charge >= 0.3 is 0 Å². The van der Waals surface area contributed by atoms with Crippen molar-refractivity contribution < 1.29 is 4.39 Å². The van der Waals surface area contributed by atoms with E-state index in [1.165, 1.54) is 6.42 Å². The van der Waals surface area contributed by atoms with Crippen LogP contribution in [0.15, 0.2) is 0 Å². The summed E-state index contributed by atoms with van der Waals surface area (Å²) in [5.74, 6) is 0. The van der Waals surface area contributed by atoms with Gasteiger partial charge in [-0.2, -0.15) is 0 Å². The summed E-state index contributed by atoms with van der Waals surface area (Å²) in [6.45, 7) is 1.90. The number of alkyl halides is 1. The summed E-state index contributed by atoms with van der Waals surface area (Å²) in [6, 6.07) is 0.330. The van der Waals surface area contributed by atoms with E-state index in [0.717, 1.165) is 32.4 Å². The molecule has 2 unspecified atom stereocenters. The first-order chi connectivity index (χ1) is 5.76. The molecule has 2 nitrogen and oxygen atoms in total. The predicted octanol–water partition coefficient (Wildman–Crippen LogP) is 0.912. The predicted molar refractivity (Wildman–Crippen MR) is 46.7 cm³/mol. The number of piperidine rings is 1. The zero-order valence-corrected chi connectivity index (χ0v) is 7.43. The number of nitrogens with zero attached hydrogens (tertiary/aromatic N) is 1. The largest absolute Gasteiger partial charge is 0.322 e. The van der Waals surface area contributed by atoms with E-state index in [1.807, 2.05) is 0 Å². The zero-order valence-electron chi connectivity index (χ0n) is 7.43. The maximum absolute atomic E-state index is 12.7. The molecule has 0 aliphatic carbocycles. The van der Waals surface area contributed by atoms with Crippen LogP contribution in [0.1, 0.15) is 25.7 Å². The molecule has 0 saturated carbocycles. The van der Waals surface area contributed by atoms with Crippen LogP contribution in [0.5, 0.6) is 0 Å². The first kappa shape index (κ1) is 8.45. The van der Waals surface area contributed by atoms with Gasteiger partial charge in [-0.05, 0) is 38.8 Å². The van der Waals surface area contributed by atoms with Crippen molar-refractivity contribution in [1.82, 2.24) is 4.90 Å². The Bertz CT molecular complexity index is 174. The Labute approximate surface area is 72.9 Å². The molecule has 2 atom stereocenters. The van der Waals surface area contributed by atoms with Gasteiger partial charge in [0.15, 0.2) is 0 Å². The van der Waals surface area contributed by atoms with Crippen molar-refractivity contribution >= 4 is 0 Å². The van der Waals surface area contributed by atoms with E-state index >= 15 is 0 Å². The van der Waals surface area contributed by atoms with E-state index in [-0.39, 0.29) is 6.67 Å². The van der Waals surface area contributed by atoms with Gasteiger partial charge in [0.05, 0.1) is 5.54 Å². The van der Waals surface area contributed by atoms with Crippen molar-refractivity contribution in [3.05, 3.63) is 0 Å². The smallest absolute Gasteiger partial charge is 0.109 e. The lowest BCUT2D eigenvalue weighted by atomic mass is 9.83. The number of halogens is 1. The lowest BCUT2D eigenvalue weighted by molar-refractivity contribution is 0.0864. The van der Waals surface area contributed by atoms with E-state index in [9.17, 15) is 4.39 Å². The van der Waals surface area contributed by atoms with Crippen LogP contribution in [0.25, 0.3) is 0 Å². The molecule has 0 aromatic heterocycles. The van der Waals surface area contributed by atoms with Crippen LogP contribution >= 0.6 is 0 Å². The summed E-state index contributed by atoms with van der Waals surface area (Å²) in [5.41, 5.74) is 5.51. The third-order valence-corrected chi connectivity index (χ3v) is 3.36. The number of hydrogen-bond donors (Lipinski definition) is 1. The average Bonchev–Trinajstić information content (AvgIpc) is 2.54. The standard InChI is InChI=1S/C9H17FN2/c10-7-9(11)4-2-6-12-5-1-3-8(9)12/h8H,1-7,11H2. The van der Waals surface area contributed by atoms with Gasteiger partial charge in [-0.1, -0.05) is 0 Å². The summed E-state index contributed by atoms with van der Waals surface area (Å²) in [5, 5.41) is 0. The minimum atomic E-state index is -0.519. The van der Waals surface area contributed by atoms with Crippen LogP contribution in [0.2, 0.25) is 0 Å². The lowest BCUT2D eigenvalue weighted by Crippen LogP contribution is -2.61. The number of fused-ring (bicyclic) bond motifs is 1. The monoisotopic (exact) mass is 172 g/mol. The first-order valence-electron chi connectivity index (χ1n) is 4.85. The van der Waals surface area contributed by atoms with Gasteiger partial charge in [0.25, 0.3) is 0 Å². The molecule has 2 heterocycles. The topological polar surface area (TPSA) is 29.3 Å². The van der Waals surface area contributed by atoms with E-state index in [4.69, 9.17) is 5.73 Å². The van der Waals surface area contributed by atoms with Crippen molar-refractivity contribution in [2.45, 2.75) is 37.3 Å². The van der Waals surface area contributed by atoms with Crippen LogP contribution in [0, 0.1) is 0 Å². The highest BCUT2D eigenvalue weighted by atomic mass is 19.1. The summed E-state index contributed by atoms with van der Waals surface area (Å²) in [4.78, 5) is 2.36. The van der Waals surface area contributed by atoms with Gasteiger partial charge in [-0.15, -0.1) is 0 Å². The Morgan fingerprint density at radius 1 is 1.42 bits per heavy atom. The molecular weight excluding hydrogens is 155 g/mol. The highest BCUT2D eigenvalue weighted by Crippen LogP contribution is 2.33. The molecule has 0 bridgehead atoms. The second-order valence-electron chi connectivity index (χ2n) is 4.16. The van der Waals surface area contributed by atoms with Crippen LogP contribution in [-0.4, -0.2) is 36.2 Å². The van der Waals surface area contributed by atoms with Gasteiger partial charge in [0.2, 0.25) is 0 Å². The van der Waals surface area contributed by atoms with E-state index in [2.05, 4.69) is 4.90 Å². The molecule has 2 rings (SSSR count). The van der Waals surface area contributed by atoms with Gasteiger partial charge in [-0.25, -0.2) is 4.39 Å². The normalized spacial score (nSPS) is 43.0. The lowest BCUT2D eigenvalue weighted by Gasteiger charge is -2.43. The molecule has 0 aromatic rings. The fourth-order valence-corrected chi connectivity index (χ4v) is 2.68. The fourth-order valence-electron chi connectivity index (χ4n) is 2.68. The van der Waals surface area contributed by atoms with Crippen LogP contribution in [0.3, 0.4) is 0 Å². The maximum atomic E-state index is 12.7. The second-order valence-corrected chi connectivity index (χ2v) is 4.16. The molecule has 70 valence electrons. The summed E-state index contributed by atoms with van der Waals surface area (Å²) in [7, 11) is 0. The first-order valence-corrected chi connectivity index (χ1v) is 4.85. The molecule has 3 heteroatoms. The molecule has 12 heavy (non-hydrogen) atoms. The zero-order chi connectivity index (χ0) is 8.60. The molecule has 0 radical (unpaired) electrons. The van der Waals surface area contributed by atoms with E-state index < -0.39 is 5.54 Å². The third kappa shape index (κ3) is 1.15. The molecule has 2 saturated heterocycles. The summed E-state index contributed by atoms with van der Waals surface area (Å²) < 4.78 is 12.7. The Hall–Kier alpha value is -0.150. The molecule has 2 aliphatic rings. The fraction of sp³-hybridized carbons (Fsp3) is 1.00. The highest BCUT2D eigenvalue weighted by molar-refractivity contribution is 5.02. The summed E-state index contributed by atoms with van der Waals surface area (Å²) in [6.07, 6.45) is 4.23. The van der Waals surface area contributed by atoms with Crippen LogP contribution < -0.4 is 5.73 Å². The number of rotatable bonds is 1. The SMILES string of the molecule is NC1(CF)CCCN2CCCC21. The number of nitrogens with two attached hydrogens (primary N) is 1. The molecule has 2 N–H and O–H groups in total. The molecule has 0 aromatic carbocycles. The Kier molecular flexibility index (Phi) is 2.09. The quantitative estimate of drug-likeness (QED) is 0.637. The average molecular weight is 172 g/mol. The van der Waals surface area contributed by atoms with Gasteiger partial charge in [-0.3, -0.25) is 4.90 Å². The minimum Gasteiger partial charge on any atom is -0.322 e. The highest BCUT2D eigenvalue weighted by Gasteiger charge is 2.43. The van der Waals surface area contributed by atoms with Crippen LogP contribution in [-0.2, 0) is 0 Å². The molecule has 0 spiro atoms. The van der Waals surface area contributed by atoms with Crippen molar-refractivity contribution in [2.24, 2.45) is 5.73 Å².